The molecule has 35 heavy (non-hydrogen) atoms. The minimum Gasteiger partial charge on any atom is -0.497 e. The third-order valence-electron chi connectivity index (χ3n) is 6.43. The van der Waals surface area contributed by atoms with E-state index in [1.807, 2.05) is 66.0 Å². The summed E-state index contributed by atoms with van der Waals surface area (Å²) < 4.78 is 11.0. The molecule has 1 N–H and O–H groups in total. The zero-order valence-corrected chi connectivity index (χ0v) is 21.1. The number of carbonyl (C=O) groups is 2. The Bertz CT molecular complexity index is 1130. The van der Waals surface area contributed by atoms with Gasteiger partial charge in [0, 0.05) is 16.5 Å². The minimum absolute atomic E-state index is 0.118. The molecule has 0 aliphatic heterocycles. The Labute approximate surface area is 210 Å². The summed E-state index contributed by atoms with van der Waals surface area (Å²) in [5.74, 6) is 1.04. The molecule has 1 aromatic heterocycles. The molecule has 4 rings (SSSR count). The SMILES string of the molecule is COc1cccc(C(C(=O)NC2CCCC2)N(Cc2ccccc2OC)C(=O)Cc2cccs2)c1. The number of nitrogens with zero attached hydrogens (tertiary/aromatic N) is 1. The van der Waals surface area contributed by atoms with Gasteiger partial charge in [-0.15, -0.1) is 11.3 Å². The lowest BCUT2D eigenvalue weighted by atomic mass is 10.0. The first-order valence-corrected chi connectivity index (χ1v) is 12.8. The smallest absolute Gasteiger partial charge is 0.247 e. The van der Waals surface area contributed by atoms with Crippen LogP contribution in [0.1, 0.15) is 47.7 Å². The average molecular weight is 493 g/mol. The maximum absolute atomic E-state index is 13.8. The Hall–Kier alpha value is -3.32. The van der Waals surface area contributed by atoms with Crippen molar-refractivity contribution in [3.05, 3.63) is 82.0 Å². The summed E-state index contributed by atoms with van der Waals surface area (Å²) in [6.45, 7) is 0.244. The number of nitrogens with one attached hydrogen (secondary N) is 1. The van der Waals surface area contributed by atoms with Crippen molar-refractivity contribution in [1.82, 2.24) is 10.2 Å². The number of thiophene rings is 1. The van der Waals surface area contributed by atoms with Crippen LogP contribution in [0.3, 0.4) is 0 Å². The van der Waals surface area contributed by atoms with Gasteiger partial charge in [-0.1, -0.05) is 49.2 Å². The molecule has 1 unspecified atom stereocenters. The quantitative estimate of drug-likeness (QED) is 0.426. The predicted octanol–water partition coefficient (Wildman–Crippen LogP) is 5.14. The van der Waals surface area contributed by atoms with E-state index in [9.17, 15) is 9.59 Å². The third-order valence-corrected chi connectivity index (χ3v) is 7.31. The van der Waals surface area contributed by atoms with Crippen LogP contribution < -0.4 is 14.8 Å². The van der Waals surface area contributed by atoms with Crippen molar-refractivity contribution < 1.29 is 19.1 Å². The van der Waals surface area contributed by atoms with E-state index >= 15 is 0 Å². The van der Waals surface area contributed by atoms with Crippen LogP contribution >= 0.6 is 11.3 Å². The lowest BCUT2D eigenvalue weighted by Gasteiger charge is -2.33. The second-order valence-corrected chi connectivity index (χ2v) is 9.79. The van der Waals surface area contributed by atoms with Crippen molar-refractivity contribution >= 4 is 23.2 Å². The largest absolute Gasteiger partial charge is 0.497 e. The second kappa shape index (κ2) is 11.9. The summed E-state index contributed by atoms with van der Waals surface area (Å²) in [5, 5.41) is 5.18. The Morgan fingerprint density at radius 2 is 1.83 bits per heavy atom. The Morgan fingerprint density at radius 1 is 1.03 bits per heavy atom. The number of ether oxygens (including phenoxy) is 2. The highest BCUT2D eigenvalue weighted by Crippen LogP contribution is 2.31. The van der Waals surface area contributed by atoms with Crippen molar-refractivity contribution in [3.63, 3.8) is 0 Å². The predicted molar refractivity (Wildman–Crippen MR) is 138 cm³/mol. The average Bonchev–Trinajstić information content (AvgIpc) is 3.58. The lowest BCUT2D eigenvalue weighted by molar-refractivity contribution is -0.141. The number of benzene rings is 2. The Balaban J connectivity index is 1.74. The van der Waals surface area contributed by atoms with Crippen LogP contribution in [-0.2, 0) is 22.6 Å². The number of hydrogen-bond donors (Lipinski definition) is 1. The molecular weight excluding hydrogens is 460 g/mol. The third kappa shape index (κ3) is 6.22. The molecule has 1 aliphatic rings. The molecule has 1 fully saturated rings. The van der Waals surface area contributed by atoms with Gasteiger partial charge >= 0.3 is 0 Å². The van der Waals surface area contributed by atoms with E-state index in [0.717, 1.165) is 36.1 Å². The van der Waals surface area contributed by atoms with Crippen LogP contribution in [0.2, 0.25) is 0 Å². The van der Waals surface area contributed by atoms with Crippen molar-refractivity contribution in [3.8, 4) is 11.5 Å². The van der Waals surface area contributed by atoms with Gasteiger partial charge in [0.05, 0.1) is 27.2 Å². The van der Waals surface area contributed by atoms with Crippen LogP contribution in [0.4, 0.5) is 0 Å². The molecule has 1 heterocycles. The van der Waals surface area contributed by atoms with Crippen LogP contribution in [0.15, 0.2) is 66.0 Å². The van der Waals surface area contributed by atoms with E-state index in [1.54, 1.807) is 19.1 Å². The number of rotatable bonds is 10. The van der Waals surface area contributed by atoms with Gasteiger partial charge in [0.15, 0.2) is 0 Å². The van der Waals surface area contributed by atoms with Gasteiger partial charge in [0.25, 0.3) is 0 Å². The Kier molecular flexibility index (Phi) is 8.42. The molecule has 2 aromatic carbocycles. The number of carbonyl (C=O) groups excluding carboxylic acids is 2. The lowest BCUT2D eigenvalue weighted by Crippen LogP contribution is -2.46. The van der Waals surface area contributed by atoms with E-state index in [4.69, 9.17) is 9.47 Å². The Morgan fingerprint density at radius 3 is 2.54 bits per heavy atom. The number of hydrogen-bond acceptors (Lipinski definition) is 5. The second-order valence-electron chi connectivity index (χ2n) is 8.76. The number of para-hydroxylation sites is 1. The fourth-order valence-electron chi connectivity index (χ4n) is 4.64. The zero-order chi connectivity index (χ0) is 24.6. The van der Waals surface area contributed by atoms with Crippen LogP contribution in [0.25, 0.3) is 0 Å². The maximum atomic E-state index is 13.8. The van der Waals surface area contributed by atoms with Crippen molar-refractivity contribution in [2.75, 3.05) is 14.2 Å². The molecule has 0 radical (unpaired) electrons. The van der Waals surface area contributed by atoms with Crippen LogP contribution in [-0.4, -0.2) is 37.0 Å². The minimum atomic E-state index is -0.803. The summed E-state index contributed by atoms with van der Waals surface area (Å²) >= 11 is 1.54. The summed E-state index contributed by atoms with van der Waals surface area (Å²) in [6.07, 6.45) is 4.37. The van der Waals surface area contributed by atoms with Gasteiger partial charge in [0.1, 0.15) is 17.5 Å². The van der Waals surface area contributed by atoms with Gasteiger partial charge in [-0.25, -0.2) is 0 Å². The molecule has 0 bridgehead atoms. The first-order valence-electron chi connectivity index (χ1n) is 12.0. The van der Waals surface area contributed by atoms with E-state index < -0.39 is 6.04 Å². The highest BCUT2D eigenvalue weighted by atomic mass is 32.1. The molecule has 0 spiro atoms. The van der Waals surface area contributed by atoms with E-state index in [1.165, 1.54) is 11.3 Å². The van der Waals surface area contributed by atoms with Crippen molar-refractivity contribution in [2.45, 2.75) is 50.7 Å². The first-order chi connectivity index (χ1) is 17.1. The molecule has 184 valence electrons. The molecule has 1 atom stereocenters. The van der Waals surface area contributed by atoms with Crippen LogP contribution in [0.5, 0.6) is 11.5 Å². The van der Waals surface area contributed by atoms with Gasteiger partial charge in [0.2, 0.25) is 11.8 Å². The molecule has 3 aromatic rings. The van der Waals surface area contributed by atoms with Gasteiger partial charge in [-0.2, -0.15) is 0 Å². The molecule has 6 nitrogen and oxygen atoms in total. The number of amides is 2. The van der Waals surface area contributed by atoms with Gasteiger partial charge < -0.3 is 19.7 Å². The van der Waals surface area contributed by atoms with Gasteiger partial charge in [-0.05, 0) is 48.1 Å². The maximum Gasteiger partial charge on any atom is 0.247 e. The topological polar surface area (TPSA) is 67.9 Å². The highest BCUT2D eigenvalue weighted by molar-refractivity contribution is 7.10. The molecule has 1 saturated carbocycles. The fraction of sp³-hybridized carbons (Fsp3) is 0.357. The molecule has 2 amide bonds. The molecular formula is C28H32N2O4S. The summed E-state index contributed by atoms with van der Waals surface area (Å²) in [5.41, 5.74) is 1.56. The molecule has 0 saturated heterocycles. The summed E-state index contributed by atoms with van der Waals surface area (Å²) in [7, 11) is 3.21. The van der Waals surface area contributed by atoms with E-state index in [2.05, 4.69) is 5.32 Å². The number of methoxy groups -OCH3 is 2. The standard InChI is InChI=1S/C28H32N2O4S/c1-33-23-13-7-10-20(17-23)27(28(32)29-22-11-4-5-12-22)30(26(31)18-24-14-8-16-35-24)19-21-9-3-6-15-25(21)34-2/h3,6-10,13-17,22,27H,4-5,11-12,18-19H2,1-2H3,(H,29,32). The van der Waals surface area contributed by atoms with E-state index in [-0.39, 0.29) is 30.8 Å². The molecule has 7 heteroatoms. The first kappa shape index (κ1) is 24.8. The monoisotopic (exact) mass is 492 g/mol. The van der Waals surface area contributed by atoms with Crippen molar-refractivity contribution in [1.29, 1.82) is 0 Å². The zero-order valence-electron chi connectivity index (χ0n) is 20.2. The van der Waals surface area contributed by atoms with E-state index in [0.29, 0.717) is 17.1 Å². The van der Waals surface area contributed by atoms with Crippen molar-refractivity contribution in [2.24, 2.45) is 0 Å². The highest BCUT2D eigenvalue weighted by Gasteiger charge is 2.34. The van der Waals surface area contributed by atoms with Gasteiger partial charge in [-0.3, -0.25) is 9.59 Å². The van der Waals surface area contributed by atoms with Crippen LogP contribution in [0, 0.1) is 0 Å². The normalized spacial score (nSPS) is 14.3. The summed E-state index contributed by atoms with van der Waals surface area (Å²) in [4.78, 5) is 30.3. The summed E-state index contributed by atoms with van der Waals surface area (Å²) in [6, 6.07) is 18.3. The fourth-order valence-corrected chi connectivity index (χ4v) is 5.33. The molecule has 1 aliphatic carbocycles.